The van der Waals surface area contributed by atoms with Crippen LogP contribution in [-0.4, -0.2) is 40.1 Å². The third-order valence-corrected chi connectivity index (χ3v) is 6.21. The van der Waals surface area contributed by atoms with E-state index in [0.29, 0.717) is 5.75 Å². The van der Waals surface area contributed by atoms with Crippen molar-refractivity contribution >= 4 is 27.5 Å². The van der Waals surface area contributed by atoms with Gasteiger partial charge in [-0.1, -0.05) is 6.92 Å². The minimum atomic E-state index is -0.975. The Morgan fingerprint density at radius 3 is 2.77 bits per heavy atom. The number of hydrogen-bond donors (Lipinski definition) is 1. The molecular formula is C20H23N3O2S. The molecule has 1 saturated heterocycles. The largest absolute Gasteiger partial charge is 0.495 e. The van der Waals surface area contributed by atoms with Crippen molar-refractivity contribution in [2.75, 3.05) is 30.9 Å². The maximum absolute atomic E-state index is 12.3. The van der Waals surface area contributed by atoms with E-state index in [1.54, 1.807) is 13.3 Å². The quantitative estimate of drug-likeness (QED) is 0.739. The van der Waals surface area contributed by atoms with E-state index in [4.69, 9.17) is 4.74 Å². The molecule has 2 aromatic heterocycles. The summed E-state index contributed by atoms with van der Waals surface area (Å²) in [6.07, 6.45) is 4.15. The van der Waals surface area contributed by atoms with Gasteiger partial charge < -0.3 is 14.6 Å². The average Bonchev–Trinajstić information content (AvgIpc) is 3.35. The summed E-state index contributed by atoms with van der Waals surface area (Å²) in [6, 6.07) is 10.3. The molecule has 4 rings (SSSR count). The molecule has 0 saturated carbocycles. The van der Waals surface area contributed by atoms with E-state index in [0.717, 1.165) is 46.0 Å². The first kappa shape index (κ1) is 17.1. The van der Waals surface area contributed by atoms with E-state index >= 15 is 0 Å². The Hall–Kier alpha value is -2.34. The summed E-state index contributed by atoms with van der Waals surface area (Å²) in [5, 5.41) is 1.01. The van der Waals surface area contributed by atoms with Crippen LogP contribution >= 0.6 is 0 Å². The highest BCUT2D eigenvalue weighted by Crippen LogP contribution is 2.36. The summed E-state index contributed by atoms with van der Waals surface area (Å²) in [5.74, 6) is 1.36. The van der Waals surface area contributed by atoms with Crippen molar-refractivity contribution in [3.05, 3.63) is 36.5 Å². The number of H-pyrrole nitrogens is 1. The lowest BCUT2D eigenvalue weighted by Crippen LogP contribution is -2.18. The Balaban J connectivity index is 1.85. The summed E-state index contributed by atoms with van der Waals surface area (Å²) in [7, 11) is 0.669. The van der Waals surface area contributed by atoms with Crippen molar-refractivity contribution in [1.29, 1.82) is 0 Å². The Kier molecular flexibility index (Phi) is 4.68. The maximum Gasteiger partial charge on any atom is 0.137 e. The van der Waals surface area contributed by atoms with E-state index in [1.807, 2.05) is 19.1 Å². The van der Waals surface area contributed by atoms with Crippen LogP contribution in [0.15, 0.2) is 41.4 Å². The first-order chi connectivity index (χ1) is 12.7. The molecule has 6 heteroatoms. The first-order valence-corrected chi connectivity index (χ1v) is 10.3. The molecule has 0 amide bonds. The summed E-state index contributed by atoms with van der Waals surface area (Å²) in [6.45, 7) is 4.08. The summed E-state index contributed by atoms with van der Waals surface area (Å²) in [4.78, 5) is 11.1. The first-order valence-electron chi connectivity index (χ1n) is 9.00. The highest BCUT2D eigenvalue weighted by Gasteiger charge is 2.19. The molecule has 1 fully saturated rings. The molecule has 1 aliphatic rings. The molecule has 1 N–H and O–H groups in total. The van der Waals surface area contributed by atoms with Crippen molar-refractivity contribution in [2.24, 2.45) is 0 Å². The highest BCUT2D eigenvalue weighted by atomic mass is 32.2. The van der Waals surface area contributed by atoms with Gasteiger partial charge in [-0.15, -0.1) is 0 Å². The molecule has 0 unspecified atom stereocenters. The Morgan fingerprint density at radius 1 is 1.23 bits per heavy atom. The van der Waals surface area contributed by atoms with Crippen LogP contribution in [0, 0.1) is 0 Å². The van der Waals surface area contributed by atoms with Gasteiger partial charge in [0.25, 0.3) is 0 Å². The van der Waals surface area contributed by atoms with Crippen LogP contribution in [0.1, 0.15) is 19.8 Å². The van der Waals surface area contributed by atoms with Gasteiger partial charge in [0, 0.05) is 46.1 Å². The molecule has 0 radical (unpaired) electrons. The van der Waals surface area contributed by atoms with Crippen molar-refractivity contribution < 1.29 is 8.95 Å². The zero-order chi connectivity index (χ0) is 18.1. The molecule has 0 bridgehead atoms. The zero-order valence-corrected chi connectivity index (χ0v) is 15.9. The van der Waals surface area contributed by atoms with Crippen LogP contribution in [0.25, 0.3) is 22.3 Å². The number of anilines is 1. The number of benzene rings is 1. The fourth-order valence-corrected chi connectivity index (χ4v) is 4.33. The standard InChI is InChI=1S/C20H23N3O2S/c1-3-26(24)16-6-7-19(23-8-4-5-9-23)17(12-16)18-11-14-10-15(25-2)13-21-20(14)22-18/h6-7,10-13H,3-5,8-9H2,1-2H3,(H,21,22)/t26-/m0/s1. The average molecular weight is 369 g/mol. The summed E-state index contributed by atoms with van der Waals surface area (Å²) >= 11 is 0. The van der Waals surface area contributed by atoms with E-state index in [9.17, 15) is 4.21 Å². The van der Waals surface area contributed by atoms with Crippen molar-refractivity contribution in [1.82, 2.24) is 9.97 Å². The summed E-state index contributed by atoms with van der Waals surface area (Å²) in [5.41, 5.74) is 4.11. The normalized spacial score (nSPS) is 15.5. The van der Waals surface area contributed by atoms with Crippen LogP contribution in [0.3, 0.4) is 0 Å². The lowest BCUT2D eigenvalue weighted by Gasteiger charge is -2.21. The molecule has 0 aliphatic carbocycles. The number of aromatic amines is 1. The molecular weight excluding hydrogens is 346 g/mol. The monoisotopic (exact) mass is 369 g/mol. The Morgan fingerprint density at radius 2 is 2.04 bits per heavy atom. The number of fused-ring (bicyclic) bond motifs is 1. The van der Waals surface area contributed by atoms with E-state index in [1.165, 1.54) is 18.5 Å². The molecule has 5 nitrogen and oxygen atoms in total. The second kappa shape index (κ2) is 7.11. The second-order valence-electron chi connectivity index (χ2n) is 6.50. The van der Waals surface area contributed by atoms with Crippen LogP contribution < -0.4 is 9.64 Å². The molecule has 26 heavy (non-hydrogen) atoms. The van der Waals surface area contributed by atoms with Gasteiger partial charge in [-0.25, -0.2) is 4.98 Å². The smallest absolute Gasteiger partial charge is 0.137 e. The lowest BCUT2D eigenvalue weighted by molar-refractivity contribution is 0.413. The van der Waals surface area contributed by atoms with E-state index in [-0.39, 0.29) is 0 Å². The number of ether oxygens (including phenoxy) is 1. The van der Waals surface area contributed by atoms with Gasteiger partial charge in [0.15, 0.2) is 0 Å². The number of aromatic nitrogens is 2. The molecule has 3 heterocycles. The minimum Gasteiger partial charge on any atom is -0.495 e. The van der Waals surface area contributed by atoms with Gasteiger partial charge in [-0.2, -0.15) is 0 Å². The topological polar surface area (TPSA) is 58.2 Å². The minimum absolute atomic E-state index is 0.619. The zero-order valence-electron chi connectivity index (χ0n) is 15.1. The van der Waals surface area contributed by atoms with E-state index < -0.39 is 10.8 Å². The van der Waals surface area contributed by atoms with Gasteiger partial charge in [0.05, 0.1) is 24.1 Å². The molecule has 1 aromatic carbocycles. The fourth-order valence-electron chi connectivity index (χ4n) is 3.52. The van der Waals surface area contributed by atoms with Crippen molar-refractivity contribution in [3.63, 3.8) is 0 Å². The molecule has 3 aromatic rings. The van der Waals surface area contributed by atoms with Gasteiger partial charge in [-0.05, 0) is 43.2 Å². The third kappa shape index (κ3) is 3.09. The van der Waals surface area contributed by atoms with Crippen LogP contribution in [0.4, 0.5) is 5.69 Å². The maximum atomic E-state index is 12.3. The van der Waals surface area contributed by atoms with Gasteiger partial charge in [0.1, 0.15) is 11.4 Å². The number of methoxy groups -OCH3 is 1. The van der Waals surface area contributed by atoms with Crippen LogP contribution in [0.5, 0.6) is 5.75 Å². The predicted octanol–water partition coefficient (Wildman–Crippen LogP) is 3.97. The SMILES string of the molecule is CC[S@](=O)c1ccc(N2CCCC2)c(-c2cc3cc(OC)cnc3[nH]2)c1. The second-order valence-corrected chi connectivity index (χ2v) is 8.24. The molecule has 0 spiro atoms. The molecule has 1 aliphatic heterocycles. The number of nitrogens with one attached hydrogen (secondary N) is 1. The van der Waals surface area contributed by atoms with Gasteiger partial charge in [-0.3, -0.25) is 4.21 Å². The fraction of sp³-hybridized carbons (Fsp3) is 0.350. The van der Waals surface area contributed by atoms with Crippen LogP contribution in [0.2, 0.25) is 0 Å². The van der Waals surface area contributed by atoms with Crippen molar-refractivity contribution in [2.45, 2.75) is 24.7 Å². The van der Waals surface area contributed by atoms with Gasteiger partial charge in [0.2, 0.25) is 0 Å². The highest BCUT2D eigenvalue weighted by molar-refractivity contribution is 7.85. The third-order valence-electron chi connectivity index (χ3n) is 4.91. The summed E-state index contributed by atoms with van der Waals surface area (Å²) < 4.78 is 17.6. The van der Waals surface area contributed by atoms with Crippen molar-refractivity contribution in [3.8, 4) is 17.0 Å². The number of pyridine rings is 1. The van der Waals surface area contributed by atoms with Gasteiger partial charge >= 0.3 is 0 Å². The number of nitrogens with zero attached hydrogens (tertiary/aromatic N) is 2. The van der Waals surface area contributed by atoms with Crippen LogP contribution in [-0.2, 0) is 10.8 Å². The number of rotatable bonds is 5. The molecule has 136 valence electrons. The lowest BCUT2D eigenvalue weighted by atomic mass is 10.1. The predicted molar refractivity (Wildman–Crippen MR) is 106 cm³/mol. The Labute approximate surface area is 155 Å². The Bertz CT molecular complexity index is 961. The number of hydrogen-bond acceptors (Lipinski definition) is 4. The van der Waals surface area contributed by atoms with E-state index in [2.05, 4.69) is 33.1 Å². The molecule has 1 atom stereocenters.